The molecule has 0 radical (unpaired) electrons. The molecule has 0 spiro atoms. The largest absolute Gasteiger partial charge is 0.347 e. The molecule has 0 aliphatic carbocycles. The fourth-order valence-corrected chi connectivity index (χ4v) is 2.36. The number of carbonyl (C=O) groups is 1. The first-order chi connectivity index (χ1) is 6.47. The lowest BCUT2D eigenvalue weighted by Gasteiger charge is -2.26. The quantitative estimate of drug-likeness (QED) is 0.457. The zero-order chi connectivity index (χ0) is 10.5. The normalized spacial score (nSPS) is 35.3. The van der Waals surface area contributed by atoms with Gasteiger partial charge in [0.2, 0.25) is 5.91 Å². The standard InChI is InChI=1S/C11H18N2O/c1-8-5-11(10(14)12(3)4)7-13(11)6-9(8)2/h5-7H2,1-4H3. The highest BCUT2D eigenvalue weighted by Gasteiger charge is 2.59. The van der Waals surface area contributed by atoms with Crippen molar-refractivity contribution in [1.29, 1.82) is 0 Å². The highest BCUT2D eigenvalue weighted by molar-refractivity contribution is 5.90. The number of hydrogen-bond acceptors (Lipinski definition) is 2. The Bertz CT molecular complexity index is 319. The summed E-state index contributed by atoms with van der Waals surface area (Å²) in [5.74, 6) is 0.268. The van der Waals surface area contributed by atoms with Gasteiger partial charge in [-0.15, -0.1) is 0 Å². The highest BCUT2D eigenvalue weighted by Crippen LogP contribution is 2.44. The van der Waals surface area contributed by atoms with Gasteiger partial charge in [-0.2, -0.15) is 0 Å². The Morgan fingerprint density at radius 3 is 2.57 bits per heavy atom. The average molecular weight is 194 g/mol. The van der Waals surface area contributed by atoms with Gasteiger partial charge in [0.1, 0.15) is 5.54 Å². The van der Waals surface area contributed by atoms with Crippen LogP contribution < -0.4 is 0 Å². The van der Waals surface area contributed by atoms with Gasteiger partial charge in [-0.25, -0.2) is 0 Å². The molecule has 2 rings (SSSR count). The van der Waals surface area contributed by atoms with Crippen LogP contribution in [-0.4, -0.2) is 48.4 Å². The van der Waals surface area contributed by atoms with Crippen molar-refractivity contribution >= 4 is 5.91 Å². The van der Waals surface area contributed by atoms with E-state index >= 15 is 0 Å². The molecule has 2 aliphatic heterocycles. The number of carbonyl (C=O) groups excluding carboxylic acids is 1. The number of rotatable bonds is 1. The van der Waals surface area contributed by atoms with Crippen molar-refractivity contribution < 1.29 is 4.79 Å². The van der Waals surface area contributed by atoms with E-state index in [9.17, 15) is 4.79 Å². The summed E-state index contributed by atoms with van der Waals surface area (Å²) in [7, 11) is 3.68. The molecule has 3 nitrogen and oxygen atoms in total. The topological polar surface area (TPSA) is 23.3 Å². The van der Waals surface area contributed by atoms with Crippen LogP contribution in [0.15, 0.2) is 11.1 Å². The second kappa shape index (κ2) is 2.83. The number of amides is 1. The SMILES string of the molecule is CC1=C(C)CC2(C(=O)N(C)C)CN2C1. The summed E-state index contributed by atoms with van der Waals surface area (Å²) in [4.78, 5) is 16.0. The van der Waals surface area contributed by atoms with E-state index in [2.05, 4.69) is 18.7 Å². The highest BCUT2D eigenvalue weighted by atomic mass is 16.2. The summed E-state index contributed by atoms with van der Waals surface area (Å²) >= 11 is 0. The molecular formula is C11H18N2O. The maximum absolute atomic E-state index is 12.0. The van der Waals surface area contributed by atoms with Crippen LogP contribution >= 0.6 is 0 Å². The van der Waals surface area contributed by atoms with Crippen molar-refractivity contribution in [1.82, 2.24) is 9.80 Å². The minimum atomic E-state index is -0.160. The average Bonchev–Trinajstić information content (AvgIpc) is 2.78. The Labute approximate surface area is 85.4 Å². The molecule has 1 saturated heterocycles. The van der Waals surface area contributed by atoms with Gasteiger partial charge in [0.05, 0.1) is 0 Å². The molecule has 3 heteroatoms. The maximum Gasteiger partial charge on any atom is 0.244 e. The van der Waals surface area contributed by atoms with E-state index < -0.39 is 0 Å². The zero-order valence-electron chi connectivity index (χ0n) is 9.42. The smallest absolute Gasteiger partial charge is 0.244 e. The lowest BCUT2D eigenvalue weighted by Crippen LogP contribution is -2.41. The number of likely N-dealkylation sites (N-methyl/N-ethyl adjacent to an activating group) is 1. The predicted octanol–water partition coefficient (Wildman–Crippen LogP) is 0.869. The first kappa shape index (κ1) is 9.71. The molecule has 0 aromatic rings. The van der Waals surface area contributed by atoms with E-state index in [1.165, 1.54) is 11.1 Å². The number of fused-ring (bicyclic) bond motifs is 1. The fourth-order valence-electron chi connectivity index (χ4n) is 2.36. The van der Waals surface area contributed by atoms with Crippen molar-refractivity contribution in [3.8, 4) is 0 Å². The summed E-state index contributed by atoms with van der Waals surface area (Å²) in [5, 5.41) is 0. The summed E-state index contributed by atoms with van der Waals surface area (Å²) in [6.07, 6.45) is 0.926. The number of hydrogen-bond donors (Lipinski definition) is 0. The lowest BCUT2D eigenvalue weighted by molar-refractivity contribution is -0.132. The second-order valence-corrected chi connectivity index (χ2v) is 4.82. The molecule has 2 aliphatic rings. The van der Waals surface area contributed by atoms with Crippen molar-refractivity contribution in [3.63, 3.8) is 0 Å². The van der Waals surface area contributed by atoms with Crippen LogP contribution in [0.5, 0.6) is 0 Å². The van der Waals surface area contributed by atoms with Gasteiger partial charge in [-0.3, -0.25) is 9.69 Å². The summed E-state index contributed by atoms with van der Waals surface area (Å²) < 4.78 is 0. The Morgan fingerprint density at radius 2 is 2.00 bits per heavy atom. The molecule has 0 N–H and O–H groups in total. The summed E-state index contributed by atoms with van der Waals surface area (Å²) in [6, 6.07) is 0. The first-order valence-corrected chi connectivity index (χ1v) is 5.09. The first-order valence-electron chi connectivity index (χ1n) is 5.09. The zero-order valence-corrected chi connectivity index (χ0v) is 9.42. The molecule has 78 valence electrons. The molecule has 2 unspecified atom stereocenters. The molecule has 0 aromatic carbocycles. The predicted molar refractivity (Wildman–Crippen MR) is 56.0 cm³/mol. The van der Waals surface area contributed by atoms with Gasteiger partial charge in [0, 0.05) is 27.2 Å². The van der Waals surface area contributed by atoms with Crippen LogP contribution in [0.4, 0.5) is 0 Å². The minimum Gasteiger partial charge on any atom is -0.347 e. The van der Waals surface area contributed by atoms with Gasteiger partial charge in [0.15, 0.2) is 0 Å². The molecule has 14 heavy (non-hydrogen) atoms. The Morgan fingerprint density at radius 1 is 1.36 bits per heavy atom. The van der Waals surface area contributed by atoms with Gasteiger partial charge < -0.3 is 4.90 Å². The molecule has 1 fully saturated rings. The van der Waals surface area contributed by atoms with E-state index in [1.54, 1.807) is 4.90 Å². The second-order valence-electron chi connectivity index (χ2n) is 4.82. The van der Waals surface area contributed by atoms with Crippen molar-refractivity contribution in [3.05, 3.63) is 11.1 Å². The third kappa shape index (κ3) is 1.19. The van der Waals surface area contributed by atoms with Crippen molar-refractivity contribution in [2.75, 3.05) is 27.2 Å². The molecule has 0 bridgehead atoms. The third-order valence-corrected chi connectivity index (χ3v) is 3.47. The van der Waals surface area contributed by atoms with E-state index in [1.807, 2.05) is 14.1 Å². The van der Waals surface area contributed by atoms with Crippen LogP contribution in [-0.2, 0) is 4.79 Å². The van der Waals surface area contributed by atoms with Crippen LogP contribution in [0.3, 0.4) is 0 Å². The maximum atomic E-state index is 12.0. The van der Waals surface area contributed by atoms with E-state index in [4.69, 9.17) is 0 Å². The van der Waals surface area contributed by atoms with Gasteiger partial charge in [-0.1, -0.05) is 11.1 Å². The summed E-state index contributed by atoms with van der Waals surface area (Å²) in [6.45, 7) is 6.23. The fraction of sp³-hybridized carbons (Fsp3) is 0.727. The van der Waals surface area contributed by atoms with E-state index in [0.29, 0.717) is 0 Å². The Kier molecular flexibility index (Phi) is 1.96. The van der Waals surface area contributed by atoms with Crippen LogP contribution in [0.25, 0.3) is 0 Å². The molecule has 0 saturated carbocycles. The van der Waals surface area contributed by atoms with Crippen molar-refractivity contribution in [2.45, 2.75) is 25.8 Å². The Balaban J connectivity index is 2.20. The van der Waals surface area contributed by atoms with Crippen LogP contribution in [0.2, 0.25) is 0 Å². The van der Waals surface area contributed by atoms with Crippen LogP contribution in [0, 0.1) is 0 Å². The molecular weight excluding hydrogens is 176 g/mol. The van der Waals surface area contributed by atoms with Gasteiger partial charge >= 0.3 is 0 Å². The van der Waals surface area contributed by atoms with Gasteiger partial charge in [0.25, 0.3) is 0 Å². The number of nitrogens with zero attached hydrogens (tertiary/aromatic N) is 2. The van der Waals surface area contributed by atoms with E-state index in [-0.39, 0.29) is 11.4 Å². The lowest BCUT2D eigenvalue weighted by atomic mass is 9.93. The minimum absolute atomic E-state index is 0.160. The molecule has 2 heterocycles. The monoisotopic (exact) mass is 194 g/mol. The van der Waals surface area contributed by atoms with Crippen molar-refractivity contribution in [2.24, 2.45) is 0 Å². The third-order valence-electron chi connectivity index (χ3n) is 3.47. The molecule has 2 atom stereocenters. The Hall–Kier alpha value is -0.830. The molecule has 0 aromatic heterocycles. The summed E-state index contributed by atoms with van der Waals surface area (Å²) in [5.41, 5.74) is 2.67. The van der Waals surface area contributed by atoms with E-state index in [0.717, 1.165) is 19.5 Å². The van der Waals surface area contributed by atoms with Crippen LogP contribution in [0.1, 0.15) is 20.3 Å². The molecule has 1 amide bonds. The van der Waals surface area contributed by atoms with Gasteiger partial charge in [-0.05, 0) is 20.3 Å².